The van der Waals surface area contributed by atoms with E-state index in [1.165, 1.54) is 0 Å². The number of amides is 1. The minimum atomic E-state index is -1.10. The minimum Gasteiger partial charge on any atom is -0.480 e. The van der Waals surface area contributed by atoms with Gasteiger partial charge in [-0.3, -0.25) is 0 Å². The number of fused-ring (bicyclic) bond motifs is 1. The number of nitrogens with one attached hydrogen (secondary N) is 1. The Hall–Kier alpha value is -3.34. The standard InChI is InChI=1S/C21H19NO4/c23-20(24)19(22-21(25)26-14-15-6-2-1-3-7-15)13-16-10-11-17-8-4-5-9-18(17)12-16/h1-12,19H,13-14H2,(H,22,25)(H,23,24)/t19-/m1/s1. The molecule has 5 heteroatoms. The first-order chi connectivity index (χ1) is 12.6. The Morgan fingerprint density at radius 1 is 0.885 bits per heavy atom. The second-order valence-electron chi connectivity index (χ2n) is 5.98. The van der Waals surface area contributed by atoms with Gasteiger partial charge in [-0.1, -0.05) is 72.8 Å². The van der Waals surface area contributed by atoms with E-state index in [0.29, 0.717) is 0 Å². The van der Waals surface area contributed by atoms with E-state index in [1.54, 1.807) is 0 Å². The van der Waals surface area contributed by atoms with Gasteiger partial charge in [0.2, 0.25) is 0 Å². The van der Waals surface area contributed by atoms with Crippen molar-refractivity contribution >= 4 is 22.8 Å². The van der Waals surface area contributed by atoms with Crippen LogP contribution in [0.3, 0.4) is 0 Å². The number of carboxylic acids is 1. The highest BCUT2D eigenvalue weighted by Crippen LogP contribution is 2.17. The number of hydrogen-bond donors (Lipinski definition) is 2. The number of benzene rings is 3. The molecule has 0 heterocycles. The zero-order valence-electron chi connectivity index (χ0n) is 14.1. The van der Waals surface area contributed by atoms with Gasteiger partial charge in [0.1, 0.15) is 12.6 Å². The highest BCUT2D eigenvalue weighted by molar-refractivity contribution is 5.84. The lowest BCUT2D eigenvalue weighted by Crippen LogP contribution is -2.42. The maximum absolute atomic E-state index is 11.9. The fraction of sp³-hybridized carbons (Fsp3) is 0.143. The summed E-state index contributed by atoms with van der Waals surface area (Å²) in [5.74, 6) is -1.10. The van der Waals surface area contributed by atoms with Gasteiger partial charge in [0.15, 0.2) is 0 Å². The molecule has 0 bridgehead atoms. The maximum atomic E-state index is 11.9. The number of alkyl carbamates (subject to hydrolysis) is 1. The molecular formula is C21H19NO4. The lowest BCUT2D eigenvalue weighted by Gasteiger charge is -2.15. The van der Waals surface area contributed by atoms with Crippen LogP contribution in [0.5, 0.6) is 0 Å². The molecule has 5 nitrogen and oxygen atoms in total. The molecule has 1 amide bonds. The first-order valence-electron chi connectivity index (χ1n) is 8.29. The maximum Gasteiger partial charge on any atom is 0.408 e. The van der Waals surface area contributed by atoms with Crippen molar-refractivity contribution in [3.8, 4) is 0 Å². The summed E-state index contributed by atoms with van der Waals surface area (Å²) in [4.78, 5) is 23.4. The number of ether oxygens (including phenoxy) is 1. The Bertz CT molecular complexity index is 908. The molecule has 0 aliphatic rings. The number of carboxylic acid groups (broad SMARTS) is 1. The molecule has 0 saturated heterocycles. The molecule has 0 saturated carbocycles. The molecule has 0 spiro atoms. The predicted octanol–water partition coefficient (Wildman–Crippen LogP) is 3.76. The summed E-state index contributed by atoms with van der Waals surface area (Å²) in [7, 11) is 0. The smallest absolute Gasteiger partial charge is 0.408 e. The van der Waals surface area contributed by atoms with Crippen LogP contribution in [0.25, 0.3) is 10.8 Å². The Labute approximate surface area is 151 Å². The van der Waals surface area contributed by atoms with E-state index in [1.807, 2.05) is 72.8 Å². The summed E-state index contributed by atoms with van der Waals surface area (Å²) in [6, 6.07) is 21.7. The van der Waals surface area contributed by atoms with E-state index in [9.17, 15) is 14.7 Å². The molecular weight excluding hydrogens is 330 g/mol. The second kappa shape index (κ2) is 8.16. The van der Waals surface area contributed by atoms with Gasteiger partial charge >= 0.3 is 12.1 Å². The van der Waals surface area contributed by atoms with Crippen LogP contribution in [0, 0.1) is 0 Å². The largest absolute Gasteiger partial charge is 0.480 e. The molecule has 1 atom stereocenters. The summed E-state index contributed by atoms with van der Waals surface area (Å²) in [6.07, 6.45) is -0.567. The zero-order chi connectivity index (χ0) is 18.4. The van der Waals surface area contributed by atoms with Gasteiger partial charge in [-0.15, -0.1) is 0 Å². The van der Waals surface area contributed by atoms with Crippen molar-refractivity contribution in [1.82, 2.24) is 5.32 Å². The normalized spacial score (nSPS) is 11.7. The predicted molar refractivity (Wildman–Crippen MR) is 98.8 cm³/mol. The quantitative estimate of drug-likeness (QED) is 0.710. The first-order valence-corrected chi connectivity index (χ1v) is 8.29. The Morgan fingerprint density at radius 3 is 2.31 bits per heavy atom. The van der Waals surface area contributed by atoms with Crippen LogP contribution in [0.15, 0.2) is 72.8 Å². The summed E-state index contributed by atoms with van der Waals surface area (Å²) in [5.41, 5.74) is 1.67. The van der Waals surface area contributed by atoms with Crippen molar-refractivity contribution < 1.29 is 19.4 Å². The van der Waals surface area contributed by atoms with E-state index in [-0.39, 0.29) is 13.0 Å². The fourth-order valence-corrected chi connectivity index (χ4v) is 2.71. The number of carbonyl (C=O) groups excluding carboxylic acids is 1. The Morgan fingerprint density at radius 2 is 1.58 bits per heavy atom. The van der Waals surface area contributed by atoms with Crippen molar-refractivity contribution in [2.45, 2.75) is 19.1 Å². The van der Waals surface area contributed by atoms with Gasteiger partial charge < -0.3 is 15.2 Å². The molecule has 0 aliphatic carbocycles. The van der Waals surface area contributed by atoms with Crippen LogP contribution in [-0.2, 0) is 22.6 Å². The monoisotopic (exact) mass is 349 g/mol. The first kappa shape index (κ1) is 17.5. The lowest BCUT2D eigenvalue weighted by atomic mass is 10.0. The molecule has 0 radical (unpaired) electrons. The molecule has 3 rings (SSSR count). The van der Waals surface area contributed by atoms with E-state index >= 15 is 0 Å². The van der Waals surface area contributed by atoms with Crippen molar-refractivity contribution in [1.29, 1.82) is 0 Å². The molecule has 2 N–H and O–H groups in total. The molecule has 0 aromatic heterocycles. The van der Waals surface area contributed by atoms with E-state index in [4.69, 9.17) is 4.74 Å². The zero-order valence-corrected chi connectivity index (χ0v) is 14.1. The van der Waals surface area contributed by atoms with Crippen LogP contribution in [0.4, 0.5) is 4.79 Å². The van der Waals surface area contributed by atoms with Crippen LogP contribution >= 0.6 is 0 Å². The number of carbonyl (C=O) groups is 2. The Kier molecular flexibility index (Phi) is 5.49. The van der Waals surface area contributed by atoms with Crippen LogP contribution in [-0.4, -0.2) is 23.2 Å². The summed E-state index contributed by atoms with van der Waals surface area (Å²) in [5, 5.41) is 13.9. The summed E-state index contributed by atoms with van der Waals surface area (Å²) >= 11 is 0. The average molecular weight is 349 g/mol. The van der Waals surface area contributed by atoms with Crippen LogP contribution < -0.4 is 5.32 Å². The molecule has 3 aromatic rings. The van der Waals surface area contributed by atoms with Crippen molar-refractivity contribution in [2.75, 3.05) is 0 Å². The SMILES string of the molecule is O=C(N[C@H](Cc1ccc2ccccc2c1)C(=O)O)OCc1ccccc1. The van der Waals surface area contributed by atoms with E-state index < -0.39 is 18.1 Å². The van der Waals surface area contributed by atoms with Gasteiger partial charge in [-0.05, 0) is 21.9 Å². The van der Waals surface area contributed by atoms with Gasteiger partial charge in [0.25, 0.3) is 0 Å². The molecule has 0 fully saturated rings. The van der Waals surface area contributed by atoms with E-state index in [0.717, 1.165) is 21.9 Å². The van der Waals surface area contributed by atoms with E-state index in [2.05, 4.69) is 5.32 Å². The molecule has 3 aromatic carbocycles. The molecule has 0 unspecified atom stereocenters. The van der Waals surface area contributed by atoms with Gasteiger partial charge in [0.05, 0.1) is 0 Å². The number of rotatable bonds is 6. The highest BCUT2D eigenvalue weighted by Gasteiger charge is 2.21. The third kappa shape index (κ3) is 4.60. The number of hydrogen-bond acceptors (Lipinski definition) is 3. The van der Waals surface area contributed by atoms with Gasteiger partial charge in [0, 0.05) is 6.42 Å². The lowest BCUT2D eigenvalue weighted by molar-refractivity contribution is -0.139. The average Bonchev–Trinajstić information content (AvgIpc) is 2.66. The highest BCUT2D eigenvalue weighted by atomic mass is 16.5. The third-order valence-electron chi connectivity index (χ3n) is 4.06. The van der Waals surface area contributed by atoms with Crippen molar-refractivity contribution in [3.05, 3.63) is 83.9 Å². The van der Waals surface area contributed by atoms with Crippen molar-refractivity contribution in [3.63, 3.8) is 0 Å². The minimum absolute atomic E-state index is 0.0922. The van der Waals surface area contributed by atoms with Gasteiger partial charge in [-0.2, -0.15) is 0 Å². The number of aliphatic carboxylic acids is 1. The van der Waals surface area contributed by atoms with Crippen molar-refractivity contribution in [2.24, 2.45) is 0 Å². The van der Waals surface area contributed by atoms with Crippen LogP contribution in [0.1, 0.15) is 11.1 Å². The molecule has 0 aliphatic heterocycles. The van der Waals surface area contributed by atoms with Gasteiger partial charge in [-0.25, -0.2) is 9.59 Å². The Balaban J connectivity index is 1.62. The topological polar surface area (TPSA) is 75.6 Å². The summed E-state index contributed by atoms with van der Waals surface area (Å²) in [6.45, 7) is 0.0922. The molecule has 132 valence electrons. The summed E-state index contributed by atoms with van der Waals surface area (Å²) < 4.78 is 5.10. The van der Waals surface area contributed by atoms with Crippen LogP contribution in [0.2, 0.25) is 0 Å². The fourth-order valence-electron chi connectivity index (χ4n) is 2.71. The third-order valence-corrected chi connectivity index (χ3v) is 4.06. The molecule has 26 heavy (non-hydrogen) atoms. The second-order valence-corrected chi connectivity index (χ2v) is 5.98.